The fourth-order valence-electron chi connectivity index (χ4n) is 1.80. The van der Waals surface area contributed by atoms with Gasteiger partial charge in [-0.2, -0.15) is 0 Å². The Hall–Kier alpha value is -1.24. The number of halogens is 2. The Bertz CT molecular complexity index is 621. The molecule has 0 aliphatic carbocycles. The standard InChI is InChI=1S/C13H13Cl2N3O2S/c1-16-13-18(2)11(19)6-10(21-13)12(20)17-7-3-4-8(14)9(15)5-7/h3-5,10H,6H2,1-2H3,(H,17,20)/t10-/m0/s1. The lowest BCUT2D eigenvalue weighted by Crippen LogP contribution is -2.43. The summed E-state index contributed by atoms with van der Waals surface area (Å²) in [5, 5.41) is 3.52. The van der Waals surface area contributed by atoms with E-state index in [9.17, 15) is 9.59 Å². The van der Waals surface area contributed by atoms with Gasteiger partial charge >= 0.3 is 0 Å². The van der Waals surface area contributed by atoms with Crippen molar-refractivity contribution in [3.05, 3.63) is 28.2 Å². The summed E-state index contributed by atoms with van der Waals surface area (Å²) in [7, 11) is 3.23. The molecule has 21 heavy (non-hydrogen) atoms. The highest BCUT2D eigenvalue weighted by Crippen LogP contribution is 2.28. The summed E-state index contributed by atoms with van der Waals surface area (Å²) in [5.41, 5.74) is 0.538. The molecule has 2 rings (SSSR count). The number of hydrogen-bond acceptors (Lipinski definition) is 4. The summed E-state index contributed by atoms with van der Waals surface area (Å²) in [6.45, 7) is 0. The van der Waals surface area contributed by atoms with Gasteiger partial charge in [0.2, 0.25) is 11.8 Å². The number of rotatable bonds is 2. The molecule has 5 nitrogen and oxygen atoms in total. The number of carbonyl (C=O) groups is 2. The summed E-state index contributed by atoms with van der Waals surface area (Å²) >= 11 is 13.0. The Kier molecular flexibility index (Phi) is 5.13. The van der Waals surface area contributed by atoms with Crippen molar-refractivity contribution in [1.82, 2.24) is 4.90 Å². The molecule has 1 aliphatic heterocycles. The first-order chi connectivity index (χ1) is 9.92. The zero-order valence-electron chi connectivity index (χ0n) is 11.4. The van der Waals surface area contributed by atoms with Crippen molar-refractivity contribution in [2.45, 2.75) is 11.7 Å². The van der Waals surface area contributed by atoms with Gasteiger partial charge in [0.25, 0.3) is 0 Å². The highest BCUT2D eigenvalue weighted by molar-refractivity contribution is 8.15. The monoisotopic (exact) mass is 345 g/mol. The van der Waals surface area contributed by atoms with E-state index in [-0.39, 0.29) is 18.2 Å². The van der Waals surface area contributed by atoms with Gasteiger partial charge in [0.05, 0.1) is 10.0 Å². The fraction of sp³-hybridized carbons (Fsp3) is 0.308. The summed E-state index contributed by atoms with van der Waals surface area (Å²) in [6, 6.07) is 4.83. The van der Waals surface area contributed by atoms with Crippen molar-refractivity contribution < 1.29 is 9.59 Å². The molecule has 1 aromatic rings. The van der Waals surface area contributed by atoms with Crippen LogP contribution in [0.3, 0.4) is 0 Å². The van der Waals surface area contributed by atoms with Crippen LogP contribution in [0.4, 0.5) is 5.69 Å². The predicted octanol–water partition coefficient (Wildman–Crippen LogP) is 2.88. The first-order valence-corrected chi connectivity index (χ1v) is 7.72. The number of amidine groups is 1. The lowest BCUT2D eigenvalue weighted by molar-refractivity contribution is -0.128. The molecule has 1 atom stereocenters. The second-order valence-corrected chi connectivity index (χ2v) is 6.37. The van der Waals surface area contributed by atoms with E-state index < -0.39 is 5.25 Å². The second-order valence-electron chi connectivity index (χ2n) is 4.39. The van der Waals surface area contributed by atoms with E-state index in [4.69, 9.17) is 23.2 Å². The van der Waals surface area contributed by atoms with Crippen LogP contribution < -0.4 is 5.32 Å². The molecule has 0 aromatic heterocycles. The first-order valence-electron chi connectivity index (χ1n) is 6.08. The Morgan fingerprint density at radius 2 is 2.14 bits per heavy atom. The van der Waals surface area contributed by atoms with Crippen LogP contribution in [0.2, 0.25) is 10.0 Å². The van der Waals surface area contributed by atoms with Crippen molar-refractivity contribution in [2.75, 3.05) is 19.4 Å². The number of thioether (sulfide) groups is 1. The summed E-state index contributed by atoms with van der Waals surface area (Å²) in [5.74, 6) is -0.398. The number of amides is 2. The molecular weight excluding hydrogens is 333 g/mol. The van der Waals surface area contributed by atoms with Crippen LogP contribution in [0.15, 0.2) is 23.2 Å². The zero-order valence-corrected chi connectivity index (χ0v) is 13.7. The van der Waals surface area contributed by atoms with Crippen molar-refractivity contribution in [3.8, 4) is 0 Å². The van der Waals surface area contributed by atoms with Gasteiger partial charge in [-0.1, -0.05) is 35.0 Å². The number of hydrogen-bond donors (Lipinski definition) is 1. The minimum absolute atomic E-state index is 0.132. The third-order valence-corrected chi connectivity index (χ3v) is 5.01. The molecule has 1 heterocycles. The molecule has 0 radical (unpaired) electrons. The molecule has 1 N–H and O–H groups in total. The molecule has 2 amide bonds. The van der Waals surface area contributed by atoms with E-state index in [0.717, 1.165) is 0 Å². The quantitative estimate of drug-likeness (QED) is 0.896. The number of aliphatic imine (C=N–C) groups is 1. The van der Waals surface area contributed by atoms with Gasteiger partial charge in [0.1, 0.15) is 5.25 Å². The summed E-state index contributed by atoms with van der Waals surface area (Å²) in [6.07, 6.45) is 0.132. The van der Waals surface area contributed by atoms with Gasteiger partial charge in [0.15, 0.2) is 5.17 Å². The third-order valence-electron chi connectivity index (χ3n) is 2.94. The molecule has 1 saturated heterocycles. The summed E-state index contributed by atoms with van der Waals surface area (Å²) < 4.78 is 0. The maximum absolute atomic E-state index is 12.2. The average molecular weight is 346 g/mol. The maximum atomic E-state index is 12.2. The molecule has 1 aliphatic rings. The van der Waals surface area contributed by atoms with Crippen LogP contribution in [0.5, 0.6) is 0 Å². The number of carbonyl (C=O) groups excluding carboxylic acids is 2. The Labute approximate surface area is 136 Å². The topological polar surface area (TPSA) is 61.8 Å². The van der Waals surface area contributed by atoms with Crippen LogP contribution in [-0.4, -0.2) is 41.2 Å². The lowest BCUT2D eigenvalue weighted by atomic mass is 10.2. The first kappa shape index (κ1) is 16.1. The number of nitrogens with one attached hydrogen (secondary N) is 1. The van der Waals surface area contributed by atoms with Crippen molar-refractivity contribution >= 4 is 57.6 Å². The fourth-order valence-corrected chi connectivity index (χ4v) is 3.11. The molecule has 8 heteroatoms. The number of benzene rings is 1. The minimum Gasteiger partial charge on any atom is -0.325 e. The SMILES string of the molecule is CN=C1S[C@H](C(=O)Nc2ccc(Cl)c(Cl)c2)CC(=O)N1C. The van der Waals surface area contributed by atoms with Crippen molar-refractivity contribution in [3.63, 3.8) is 0 Å². The van der Waals surface area contributed by atoms with E-state index in [1.54, 1.807) is 32.3 Å². The van der Waals surface area contributed by atoms with E-state index in [0.29, 0.717) is 20.9 Å². The third kappa shape index (κ3) is 3.70. The van der Waals surface area contributed by atoms with Crippen LogP contribution in [0.25, 0.3) is 0 Å². The Morgan fingerprint density at radius 3 is 2.76 bits per heavy atom. The molecule has 0 unspecified atom stereocenters. The molecular formula is C13H13Cl2N3O2S. The highest BCUT2D eigenvalue weighted by Gasteiger charge is 2.33. The molecule has 1 fully saturated rings. The molecule has 1 aromatic carbocycles. The minimum atomic E-state index is -0.512. The number of nitrogens with zero attached hydrogens (tertiary/aromatic N) is 2. The lowest BCUT2D eigenvalue weighted by Gasteiger charge is -2.28. The van der Waals surface area contributed by atoms with Gasteiger partial charge in [-0.05, 0) is 18.2 Å². The van der Waals surface area contributed by atoms with E-state index in [1.165, 1.54) is 16.7 Å². The second kappa shape index (κ2) is 6.68. The van der Waals surface area contributed by atoms with E-state index >= 15 is 0 Å². The van der Waals surface area contributed by atoms with Gasteiger partial charge in [-0.15, -0.1) is 0 Å². The van der Waals surface area contributed by atoms with Crippen LogP contribution in [0, 0.1) is 0 Å². The smallest absolute Gasteiger partial charge is 0.238 e. The van der Waals surface area contributed by atoms with Crippen molar-refractivity contribution in [1.29, 1.82) is 0 Å². The summed E-state index contributed by atoms with van der Waals surface area (Å²) in [4.78, 5) is 29.5. The highest BCUT2D eigenvalue weighted by atomic mass is 35.5. The Morgan fingerprint density at radius 1 is 1.43 bits per heavy atom. The van der Waals surface area contributed by atoms with Gasteiger partial charge < -0.3 is 5.32 Å². The Balaban J connectivity index is 2.09. The van der Waals surface area contributed by atoms with Gasteiger partial charge in [-0.3, -0.25) is 19.5 Å². The number of anilines is 1. The van der Waals surface area contributed by atoms with E-state index in [2.05, 4.69) is 10.3 Å². The largest absolute Gasteiger partial charge is 0.325 e. The van der Waals surface area contributed by atoms with Crippen LogP contribution in [-0.2, 0) is 9.59 Å². The van der Waals surface area contributed by atoms with Crippen LogP contribution in [0.1, 0.15) is 6.42 Å². The molecule has 0 spiro atoms. The maximum Gasteiger partial charge on any atom is 0.238 e. The van der Waals surface area contributed by atoms with Gasteiger partial charge in [-0.25, -0.2) is 0 Å². The molecule has 0 saturated carbocycles. The zero-order chi connectivity index (χ0) is 15.6. The average Bonchev–Trinajstić information content (AvgIpc) is 2.45. The normalized spacial score (nSPS) is 20.8. The van der Waals surface area contributed by atoms with Gasteiger partial charge in [0, 0.05) is 26.2 Å². The van der Waals surface area contributed by atoms with Crippen molar-refractivity contribution in [2.24, 2.45) is 4.99 Å². The predicted molar refractivity (Wildman–Crippen MR) is 87.2 cm³/mol. The van der Waals surface area contributed by atoms with Crippen LogP contribution >= 0.6 is 35.0 Å². The molecule has 112 valence electrons. The van der Waals surface area contributed by atoms with E-state index in [1.807, 2.05) is 0 Å². The molecule has 0 bridgehead atoms.